The first-order valence-electron chi connectivity index (χ1n) is 12.6. The number of aliphatic hydroxyl groups is 1. The van der Waals surface area contributed by atoms with Gasteiger partial charge >= 0.3 is 0 Å². The zero-order valence-electron chi connectivity index (χ0n) is 21.1. The monoisotopic (exact) mass is 526 g/mol. The van der Waals surface area contributed by atoms with Crippen LogP contribution in [-0.4, -0.2) is 65.9 Å². The molecule has 0 bridgehead atoms. The van der Waals surface area contributed by atoms with Crippen LogP contribution in [-0.2, 0) is 14.8 Å². The number of carbonyl (C=O) groups excluding carboxylic acids is 2. The maximum absolute atomic E-state index is 13.3. The molecule has 1 fully saturated rings. The number of para-hydroxylation sites is 1. The number of β-amino-alcohol motifs (C(OH)–C–C–N with tert-alkyl or cyclic N) is 1. The summed E-state index contributed by atoms with van der Waals surface area (Å²) in [7, 11) is -3.76. The number of nitrogens with one attached hydrogen (secondary N) is 3. The summed E-state index contributed by atoms with van der Waals surface area (Å²) in [5, 5.41) is 17.5. The first-order valence-corrected chi connectivity index (χ1v) is 14.0. The molecule has 10 heteroatoms. The summed E-state index contributed by atoms with van der Waals surface area (Å²) in [6.07, 6.45) is 0.214. The Morgan fingerprint density at radius 2 is 1.81 bits per heavy atom. The third kappa shape index (κ3) is 6.38. The van der Waals surface area contributed by atoms with Crippen LogP contribution in [0.1, 0.15) is 43.6 Å². The minimum absolute atomic E-state index is 0.127. The van der Waals surface area contributed by atoms with E-state index < -0.39 is 40.0 Å². The van der Waals surface area contributed by atoms with E-state index in [-0.39, 0.29) is 23.9 Å². The second-order valence-electron chi connectivity index (χ2n) is 9.93. The van der Waals surface area contributed by atoms with E-state index in [1.165, 1.54) is 16.4 Å². The molecular formula is C27H34N4O5S. The number of benzene rings is 2. The molecule has 2 heterocycles. The van der Waals surface area contributed by atoms with E-state index in [0.717, 1.165) is 10.9 Å². The molecule has 4 rings (SSSR count). The van der Waals surface area contributed by atoms with Crippen LogP contribution in [0.3, 0.4) is 0 Å². The van der Waals surface area contributed by atoms with Crippen molar-refractivity contribution in [1.82, 2.24) is 19.9 Å². The predicted molar refractivity (Wildman–Crippen MR) is 141 cm³/mol. The van der Waals surface area contributed by atoms with Gasteiger partial charge in [0.25, 0.3) is 5.91 Å². The topological polar surface area (TPSA) is 132 Å². The highest BCUT2D eigenvalue weighted by molar-refractivity contribution is 7.89. The highest BCUT2D eigenvalue weighted by Gasteiger charge is 2.34. The Balaban J connectivity index is 1.43. The van der Waals surface area contributed by atoms with Crippen LogP contribution >= 0.6 is 0 Å². The third-order valence-corrected chi connectivity index (χ3v) is 8.47. The number of sulfonamides is 1. The van der Waals surface area contributed by atoms with Crippen molar-refractivity contribution in [1.29, 1.82) is 0 Å². The van der Waals surface area contributed by atoms with Gasteiger partial charge in [-0.2, -0.15) is 4.31 Å². The molecule has 0 aliphatic carbocycles. The number of aromatic amines is 1. The van der Waals surface area contributed by atoms with E-state index in [4.69, 9.17) is 0 Å². The molecule has 1 aromatic heterocycles. The molecule has 9 nitrogen and oxygen atoms in total. The third-order valence-electron chi connectivity index (χ3n) is 6.59. The first-order chi connectivity index (χ1) is 17.6. The SMILES string of the molecule is CC(C)C[C@H](NC(=O)c1cc2ccccc2[nH]1)C(=O)NC1CCCN(S(=O)(=O)c2ccccc2)CC1O. The smallest absolute Gasteiger partial charge is 0.268 e. The lowest BCUT2D eigenvalue weighted by atomic mass is 10.0. The first kappa shape index (κ1) is 26.8. The van der Waals surface area contributed by atoms with Gasteiger partial charge in [-0.1, -0.05) is 50.2 Å². The summed E-state index contributed by atoms with van der Waals surface area (Å²) in [6, 6.07) is 15.9. The van der Waals surface area contributed by atoms with Gasteiger partial charge in [0.15, 0.2) is 0 Å². The number of fused-ring (bicyclic) bond motifs is 1. The van der Waals surface area contributed by atoms with Crippen LogP contribution in [0.15, 0.2) is 65.6 Å². The maximum Gasteiger partial charge on any atom is 0.268 e. The molecule has 0 saturated carbocycles. The maximum atomic E-state index is 13.3. The Bertz CT molecular complexity index is 1310. The van der Waals surface area contributed by atoms with E-state index in [1.807, 2.05) is 38.1 Å². The number of hydrogen-bond donors (Lipinski definition) is 4. The molecular weight excluding hydrogens is 492 g/mol. The second-order valence-corrected chi connectivity index (χ2v) is 11.9. The average molecular weight is 527 g/mol. The van der Waals surface area contributed by atoms with E-state index in [0.29, 0.717) is 25.0 Å². The minimum atomic E-state index is -3.76. The van der Waals surface area contributed by atoms with Gasteiger partial charge < -0.3 is 20.7 Å². The largest absolute Gasteiger partial charge is 0.390 e. The quantitative estimate of drug-likeness (QED) is 0.358. The van der Waals surface area contributed by atoms with Gasteiger partial charge in [0.2, 0.25) is 15.9 Å². The molecule has 1 aliphatic heterocycles. The summed E-state index contributed by atoms with van der Waals surface area (Å²) < 4.78 is 27.3. The Kier molecular flexibility index (Phi) is 8.31. The van der Waals surface area contributed by atoms with Crippen molar-refractivity contribution in [3.63, 3.8) is 0 Å². The second kappa shape index (κ2) is 11.5. The van der Waals surface area contributed by atoms with Gasteiger partial charge in [-0.05, 0) is 49.4 Å². The highest BCUT2D eigenvalue weighted by Crippen LogP contribution is 2.21. The van der Waals surface area contributed by atoms with Crippen LogP contribution in [0.2, 0.25) is 0 Å². The summed E-state index contributed by atoms with van der Waals surface area (Å²) >= 11 is 0. The van der Waals surface area contributed by atoms with Crippen molar-refractivity contribution >= 4 is 32.7 Å². The molecule has 1 saturated heterocycles. The Labute approximate surface area is 217 Å². The number of aliphatic hydroxyl groups excluding tert-OH is 1. The lowest BCUT2D eigenvalue weighted by Gasteiger charge is -2.27. The standard InChI is InChI=1S/C27H34N4O5S/c1-18(2)15-23(30-27(34)24-16-19-9-6-7-12-21(19)28-24)26(33)29-22-13-8-14-31(17-25(22)32)37(35,36)20-10-4-3-5-11-20/h3-7,9-12,16,18,22-23,25,28,32H,8,13-15,17H2,1-2H3,(H,29,33)(H,30,34)/t22?,23-,25?/m0/s1. The molecule has 2 aromatic carbocycles. The molecule has 1 aliphatic rings. The van der Waals surface area contributed by atoms with E-state index in [1.54, 1.807) is 24.3 Å². The molecule has 2 amide bonds. The number of carbonyl (C=O) groups is 2. The van der Waals surface area contributed by atoms with Gasteiger partial charge in [0.05, 0.1) is 17.0 Å². The van der Waals surface area contributed by atoms with Crippen molar-refractivity contribution in [3.8, 4) is 0 Å². The fraction of sp³-hybridized carbons (Fsp3) is 0.407. The zero-order chi connectivity index (χ0) is 26.6. The fourth-order valence-electron chi connectivity index (χ4n) is 4.65. The predicted octanol–water partition coefficient (Wildman–Crippen LogP) is 2.64. The number of hydrogen-bond acceptors (Lipinski definition) is 5. The molecule has 37 heavy (non-hydrogen) atoms. The summed E-state index contributed by atoms with van der Waals surface area (Å²) in [5.74, 6) is -0.663. The number of nitrogens with zero attached hydrogens (tertiary/aromatic N) is 1. The normalized spacial score (nSPS) is 19.9. The Morgan fingerprint density at radius 1 is 1.11 bits per heavy atom. The number of H-pyrrole nitrogens is 1. The van der Waals surface area contributed by atoms with Gasteiger partial charge in [-0.25, -0.2) is 8.42 Å². The van der Waals surface area contributed by atoms with Gasteiger partial charge in [-0.15, -0.1) is 0 Å². The lowest BCUT2D eigenvalue weighted by molar-refractivity contribution is -0.125. The molecule has 198 valence electrons. The van der Waals surface area contributed by atoms with Crippen LogP contribution in [0.4, 0.5) is 0 Å². The Morgan fingerprint density at radius 3 is 2.51 bits per heavy atom. The van der Waals surface area contributed by atoms with Crippen molar-refractivity contribution in [2.24, 2.45) is 5.92 Å². The number of aromatic nitrogens is 1. The van der Waals surface area contributed by atoms with E-state index in [2.05, 4.69) is 15.6 Å². The Hall–Kier alpha value is -3.21. The van der Waals surface area contributed by atoms with Crippen LogP contribution in [0, 0.1) is 5.92 Å². The molecule has 3 atom stereocenters. The zero-order valence-corrected chi connectivity index (χ0v) is 21.9. The summed E-state index contributed by atoms with van der Waals surface area (Å²) in [6.45, 7) is 4.04. The van der Waals surface area contributed by atoms with E-state index >= 15 is 0 Å². The lowest BCUT2D eigenvalue weighted by Crippen LogP contribution is -2.54. The summed E-state index contributed by atoms with van der Waals surface area (Å²) in [4.78, 5) is 29.5. The fourth-order valence-corrected chi connectivity index (χ4v) is 6.17. The van der Waals surface area contributed by atoms with Crippen LogP contribution in [0.25, 0.3) is 10.9 Å². The van der Waals surface area contributed by atoms with Crippen LogP contribution < -0.4 is 10.6 Å². The minimum Gasteiger partial charge on any atom is -0.390 e. The molecule has 0 radical (unpaired) electrons. The van der Waals surface area contributed by atoms with Crippen molar-refractivity contribution in [2.75, 3.05) is 13.1 Å². The summed E-state index contributed by atoms with van der Waals surface area (Å²) in [5.41, 5.74) is 1.19. The van der Waals surface area contributed by atoms with Crippen molar-refractivity contribution in [3.05, 3.63) is 66.4 Å². The average Bonchev–Trinajstić information content (AvgIpc) is 3.23. The van der Waals surface area contributed by atoms with Crippen molar-refractivity contribution in [2.45, 2.75) is 56.2 Å². The van der Waals surface area contributed by atoms with Crippen LogP contribution in [0.5, 0.6) is 0 Å². The molecule has 0 spiro atoms. The molecule has 4 N–H and O–H groups in total. The van der Waals surface area contributed by atoms with Crippen molar-refractivity contribution < 1.29 is 23.1 Å². The van der Waals surface area contributed by atoms with E-state index in [9.17, 15) is 23.1 Å². The van der Waals surface area contributed by atoms with Gasteiger partial charge in [0.1, 0.15) is 11.7 Å². The highest BCUT2D eigenvalue weighted by atomic mass is 32.2. The molecule has 3 aromatic rings. The number of amides is 2. The molecule has 2 unspecified atom stereocenters. The van der Waals surface area contributed by atoms with Gasteiger partial charge in [0, 0.05) is 24.0 Å². The number of rotatable bonds is 8. The van der Waals surface area contributed by atoms with Gasteiger partial charge in [-0.3, -0.25) is 9.59 Å².